The molecule has 0 amide bonds. The molecule has 3 rings (SSSR count). The lowest BCUT2D eigenvalue weighted by Gasteiger charge is -2.09. The standard InChI is InChI=1S/C11H10ClN3O2S/c12-10-11(15-18-14-10)13-7-2-3-8-9(6-7)17-5-1-4-16-8/h2-3,6H,1,4-5H2,(H,13,15). The zero-order valence-corrected chi connectivity index (χ0v) is 10.9. The molecule has 0 unspecified atom stereocenters. The van der Waals surface area contributed by atoms with Crippen molar-refractivity contribution in [3.63, 3.8) is 0 Å². The summed E-state index contributed by atoms with van der Waals surface area (Å²) in [5, 5.41) is 3.46. The second-order valence-corrected chi connectivity index (χ2v) is 4.63. The largest absolute Gasteiger partial charge is 0.490 e. The van der Waals surface area contributed by atoms with Gasteiger partial charge in [-0.2, -0.15) is 8.75 Å². The molecule has 0 saturated carbocycles. The minimum atomic E-state index is 0.368. The third kappa shape index (κ3) is 2.34. The molecule has 0 radical (unpaired) electrons. The smallest absolute Gasteiger partial charge is 0.187 e. The van der Waals surface area contributed by atoms with E-state index in [1.807, 2.05) is 18.2 Å². The maximum atomic E-state index is 5.88. The van der Waals surface area contributed by atoms with E-state index in [4.69, 9.17) is 21.1 Å². The van der Waals surface area contributed by atoms with Crippen LogP contribution in [0, 0.1) is 0 Å². The highest BCUT2D eigenvalue weighted by molar-refractivity contribution is 6.99. The van der Waals surface area contributed by atoms with Crippen LogP contribution >= 0.6 is 23.3 Å². The molecular weight excluding hydrogens is 274 g/mol. The molecule has 5 nitrogen and oxygen atoms in total. The SMILES string of the molecule is Clc1nsnc1Nc1ccc2c(c1)OCCCO2. The van der Waals surface area contributed by atoms with E-state index < -0.39 is 0 Å². The molecule has 18 heavy (non-hydrogen) atoms. The number of fused-ring (bicyclic) bond motifs is 1. The van der Waals surface area contributed by atoms with Gasteiger partial charge in [0.25, 0.3) is 0 Å². The summed E-state index contributed by atoms with van der Waals surface area (Å²) in [5.74, 6) is 2.05. The van der Waals surface area contributed by atoms with Gasteiger partial charge in [0, 0.05) is 18.2 Å². The number of hydrogen-bond acceptors (Lipinski definition) is 6. The first kappa shape index (κ1) is 11.6. The Bertz CT molecular complexity index is 561. The molecule has 0 fully saturated rings. The Kier molecular flexibility index (Phi) is 3.21. The first-order chi connectivity index (χ1) is 8.83. The van der Waals surface area contributed by atoms with Crippen LogP contribution in [0.3, 0.4) is 0 Å². The van der Waals surface area contributed by atoms with E-state index in [-0.39, 0.29) is 0 Å². The van der Waals surface area contributed by atoms with Gasteiger partial charge in [-0.3, -0.25) is 0 Å². The Morgan fingerprint density at radius 1 is 1.17 bits per heavy atom. The fraction of sp³-hybridized carbons (Fsp3) is 0.273. The van der Waals surface area contributed by atoms with Gasteiger partial charge in [-0.05, 0) is 12.1 Å². The van der Waals surface area contributed by atoms with Gasteiger partial charge < -0.3 is 14.8 Å². The maximum absolute atomic E-state index is 5.88. The number of hydrogen-bond donors (Lipinski definition) is 1. The normalized spacial score (nSPS) is 14.1. The van der Waals surface area contributed by atoms with E-state index in [0.29, 0.717) is 24.2 Å². The average Bonchev–Trinajstić information content (AvgIpc) is 2.65. The van der Waals surface area contributed by atoms with Crippen molar-refractivity contribution >= 4 is 34.8 Å². The number of aromatic nitrogens is 2. The van der Waals surface area contributed by atoms with Gasteiger partial charge in [-0.25, -0.2) is 0 Å². The maximum Gasteiger partial charge on any atom is 0.187 e. The number of benzene rings is 1. The van der Waals surface area contributed by atoms with Crippen LogP contribution in [0.2, 0.25) is 5.15 Å². The van der Waals surface area contributed by atoms with Crippen molar-refractivity contribution in [1.29, 1.82) is 0 Å². The van der Waals surface area contributed by atoms with Crippen molar-refractivity contribution in [3.8, 4) is 11.5 Å². The number of halogens is 1. The van der Waals surface area contributed by atoms with Crippen LogP contribution in [0.15, 0.2) is 18.2 Å². The molecule has 1 N–H and O–H groups in total. The molecule has 2 aromatic rings. The molecule has 0 atom stereocenters. The molecule has 2 heterocycles. The average molecular weight is 284 g/mol. The topological polar surface area (TPSA) is 56.3 Å². The molecule has 0 spiro atoms. The summed E-state index contributed by atoms with van der Waals surface area (Å²) >= 11 is 6.94. The van der Waals surface area contributed by atoms with Crippen molar-refractivity contribution in [3.05, 3.63) is 23.4 Å². The van der Waals surface area contributed by atoms with E-state index in [1.165, 1.54) is 0 Å². The van der Waals surface area contributed by atoms with Crippen molar-refractivity contribution in [1.82, 2.24) is 8.75 Å². The summed E-state index contributed by atoms with van der Waals surface area (Å²) in [7, 11) is 0. The van der Waals surface area contributed by atoms with Crippen molar-refractivity contribution in [2.45, 2.75) is 6.42 Å². The molecular formula is C11H10ClN3O2S. The number of ether oxygens (including phenoxy) is 2. The third-order valence-corrected chi connectivity index (χ3v) is 3.35. The van der Waals surface area contributed by atoms with Gasteiger partial charge in [0.15, 0.2) is 22.5 Å². The van der Waals surface area contributed by atoms with Crippen LogP contribution in [0.5, 0.6) is 11.5 Å². The minimum absolute atomic E-state index is 0.368. The van der Waals surface area contributed by atoms with Gasteiger partial charge in [-0.1, -0.05) is 11.6 Å². The highest BCUT2D eigenvalue weighted by Gasteiger charge is 2.12. The second kappa shape index (κ2) is 4.99. The van der Waals surface area contributed by atoms with Crippen LogP contribution in [-0.2, 0) is 0 Å². The minimum Gasteiger partial charge on any atom is -0.490 e. The quantitative estimate of drug-likeness (QED) is 0.918. The van der Waals surface area contributed by atoms with Gasteiger partial charge >= 0.3 is 0 Å². The van der Waals surface area contributed by atoms with Gasteiger partial charge in [0.05, 0.1) is 24.9 Å². The van der Waals surface area contributed by atoms with Crippen LogP contribution in [0.4, 0.5) is 11.5 Å². The molecule has 1 aromatic heterocycles. The molecule has 0 saturated heterocycles. The number of nitrogens with one attached hydrogen (secondary N) is 1. The highest BCUT2D eigenvalue weighted by Crippen LogP contribution is 2.33. The molecule has 1 aliphatic rings. The van der Waals surface area contributed by atoms with Crippen LogP contribution < -0.4 is 14.8 Å². The molecule has 1 aromatic carbocycles. The summed E-state index contributed by atoms with van der Waals surface area (Å²) in [6, 6.07) is 5.64. The van der Waals surface area contributed by atoms with Gasteiger partial charge in [-0.15, -0.1) is 0 Å². The lowest BCUT2D eigenvalue weighted by molar-refractivity contribution is 0.297. The summed E-state index contributed by atoms with van der Waals surface area (Å²) < 4.78 is 19.1. The molecule has 0 aliphatic carbocycles. The summed E-state index contributed by atoms with van der Waals surface area (Å²) in [4.78, 5) is 0. The van der Waals surface area contributed by atoms with E-state index >= 15 is 0 Å². The van der Waals surface area contributed by atoms with E-state index in [9.17, 15) is 0 Å². The highest BCUT2D eigenvalue weighted by atomic mass is 35.5. The Hall–Kier alpha value is -1.53. The zero-order valence-electron chi connectivity index (χ0n) is 9.35. The van der Waals surface area contributed by atoms with E-state index in [1.54, 1.807) is 0 Å². The summed E-state index contributed by atoms with van der Waals surface area (Å²) in [6.45, 7) is 1.34. The monoisotopic (exact) mass is 283 g/mol. The first-order valence-corrected chi connectivity index (χ1v) is 6.58. The zero-order chi connectivity index (χ0) is 12.4. The van der Waals surface area contributed by atoms with Crippen molar-refractivity contribution < 1.29 is 9.47 Å². The van der Waals surface area contributed by atoms with E-state index in [0.717, 1.165) is 35.3 Å². The third-order valence-electron chi connectivity index (χ3n) is 2.46. The second-order valence-electron chi connectivity index (χ2n) is 3.74. The fourth-order valence-corrected chi connectivity index (χ4v) is 2.28. The Balaban J connectivity index is 1.85. The van der Waals surface area contributed by atoms with Crippen molar-refractivity contribution in [2.75, 3.05) is 18.5 Å². The number of anilines is 2. The predicted molar refractivity (Wildman–Crippen MR) is 70.3 cm³/mol. The number of nitrogens with zero attached hydrogens (tertiary/aromatic N) is 2. The summed E-state index contributed by atoms with van der Waals surface area (Å²) in [6.07, 6.45) is 0.888. The first-order valence-electron chi connectivity index (χ1n) is 5.47. The molecule has 94 valence electrons. The van der Waals surface area contributed by atoms with Crippen LogP contribution in [-0.4, -0.2) is 22.0 Å². The lowest BCUT2D eigenvalue weighted by atomic mass is 10.2. The van der Waals surface area contributed by atoms with Crippen LogP contribution in [0.1, 0.15) is 6.42 Å². The van der Waals surface area contributed by atoms with Crippen molar-refractivity contribution in [2.24, 2.45) is 0 Å². The molecule has 1 aliphatic heterocycles. The Labute approximate surface area is 113 Å². The molecule has 0 bridgehead atoms. The van der Waals surface area contributed by atoms with Gasteiger partial charge in [0.2, 0.25) is 0 Å². The Morgan fingerprint density at radius 3 is 2.78 bits per heavy atom. The van der Waals surface area contributed by atoms with Crippen LogP contribution in [0.25, 0.3) is 0 Å². The van der Waals surface area contributed by atoms with Gasteiger partial charge in [0.1, 0.15) is 0 Å². The predicted octanol–water partition coefficient (Wildman–Crippen LogP) is 3.10. The number of rotatable bonds is 2. The lowest BCUT2D eigenvalue weighted by Crippen LogP contribution is -1.97. The van der Waals surface area contributed by atoms with E-state index in [2.05, 4.69) is 14.1 Å². The Morgan fingerprint density at radius 2 is 2.00 bits per heavy atom. The summed E-state index contributed by atoms with van der Waals surface area (Å²) in [5.41, 5.74) is 0.842. The fourth-order valence-electron chi connectivity index (χ4n) is 1.63. The molecule has 7 heteroatoms.